The van der Waals surface area contributed by atoms with Gasteiger partial charge in [0.25, 0.3) is 0 Å². The molecule has 0 aliphatic rings. The summed E-state index contributed by atoms with van der Waals surface area (Å²) in [6.07, 6.45) is 6.85. The lowest BCUT2D eigenvalue weighted by atomic mass is 10.1. The molecule has 0 fully saturated rings. The van der Waals surface area contributed by atoms with Gasteiger partial charge in [0, 0.05) is 23.4 Å². The summed E-state index contributed by atoms with van der Waals surface area (Å²) in [5.41, 5.74) is 1.34. The van der Waals surface area contributed by atoms with Gasteiger partial charge in [0.2, 0.25) is 5.91 Å². The number of furan rings is 1. The molecule has 0 unspecified atom stereocenters. The minimum Gasteiger partial charge on any atom is -0.497 e. The van der Waals surface area contributed by atoms with Gasteiger partial charge in [-0.2, -0.15) is 0 Å². The van der Waals surface area contributed by atoms with Crippen molar-refractivity contribution in [3.8, 4) is 18.1 Å². The molecule has 23 heavy (non-hydrogen) atoms. The molecule has 0 saturated carbocycles. The van der Waals surface area contributed by atoms with Crippen LogP contribution in [0.15, 0.2) is 28.9 Å². The molecule has 1 aromatic heterocycles. The van der Waals surface area contributed by atoms with Gasteiger partial charge in [-0.1, -0.05) is 0 Å². The van der Waals surface area contributed by atoms with Gasteiger partial charge >= 0.3 is 5.97 Å². The lowest BCUT2D eigenvalue weighted by Gasteiger charge is -2.13. The molecule has 0 spiro atoms. The molecule has 0 saturated heterocycles. The predicted octanol–water partition coefficient (Wildman–Crippen LogP) is 1.66. The second-order valence-corrected chi connectivity index (χ2v) is 4.85. The fraction of sp³-hybridized carbons (Fsp3) is 0.294. The maximum absolute atomic E-state index is 12.1. The second kappa shape index (κ2) is 7.36. The molecule has 2 aromatic rings. The topological polar surface area (TPSA) is 77.8 Å². The number of esters is 1. The zero-order valence-electron chi connectivity index (χ0n) is 12.9. The Labute approximate surface area is 133 Å². The van der Waals surface area contributed by atoms with E-state index < -0.39 is 12.0 Å². The summed E-state index contributed by atoms with van der Waals surface area (Å²) in [5.74, 6) is 2.10. The number of nitrogens with one attached hydrogen (secondary N) is 1. The molecule has 6 nitrogen and oxygen atoms in total. The SMILES string of the molecule is C#CC[C@@H](NC(=O)Cc1coc2cc(OC)ccc12)C(=O)OC. The molecule has 1 N–H and O–H groups in total. The molecule has 0 aliphatic heterocycles. The number of hydrogen-bond donors (Lipinski definition) is 1. The van der Waals surface area contributed by atoms with Gasteiger partial charge in [-0.25, -0.2) is 4.79 Å². The van der Waals surface area contributed by atoms with Crippen LogP contribution in [0.2, 0.25) is 0 Å². The van der Waals surface area contributed by atoms with Crippen molar-refractivity contribution in [2.24, 2.45) is 0 Å². The van der Waals surface area contributed by atoms with E-state index >= 15 is 0 Å². The lowest BCUT2D eigenvalue weighted by molar-refractivity contribution is -0.144. The van der Waals surface area contributed by atoms with Crippen LogP contribution >= 0.6 is 0 Å². The highest BCUT2D eigenvalue weighted by atomic mass is 16.5. The van der Waals surface area contributed by atoms with Gasteiger partial charge in [-0.15, -0.1) is 12.3 Å². The van der Waals surface area contributed by atoms with E-state index in [1.807, 2.05) is 6.07 Å². The fourth-order valence-corrected chi connectivity index (χ4v) is 2.20. The Morgan fingerprint density at radius 1 is 1.39 bits per heavy atom. The Bertz CT molecular complexity index is 756. The third kappa shape index (κ3) is 3.83. The van der Waals surface area contributed by atoms with Crippen LogP contribution in [0.3, 0.4) is 0 Å². The molecular weight excluding hydrogens is 298 g/mol. The van der Waals surface area contributed by atoms with E-state index in [1.165, 1.54) is 13.4 Å². The molecule has 120 valence electrons. The molecule has 1 amide bonds. The first-order chi connectivity index (χ1) is 11.1. The Morgan fingerprint density at radius 2 is 2.17 bits per heavy atom. The highest BCUT2D eigenvalue weighted by Gasteiger charge is 2.21. The number of amides is 1. The van der Waals surface area contributed by atoms with Crippen LogP contribution in [0.25, 0.3) is 11.0 Å². The Balaban J connectivity index is 2.11. The van der Waals surface area contributed by atoms with Gasteiger partial charge in [-0.3, -0.25) is 4.79 Å². The zero-order chi connectivity index (χ0) is 16.8. The standard InChI is InChI=1S/C17H17NO5/c1-4-5-14(17(20)22-3)18-16(19)8-11-10-23-15-9-12(21-2)6-7-13(11)15/h1,6-7,9-10,14H,5,8H2,2-3H3,(H,18,19)/t14-/m1/s1. The smallest absolute Gasteiger partial charge is 0.329 e. The van der Waals surface area contributed by atoms with E-state index in [2.05, 4.69) is 16.0 Å². The molecule has 0 radical (unpaired) electrons. The predicted molar refractivity (Wildman–Crippen MR) is 83.9 cm³/mol. The minimum absolute atomic E-state index is 0.0669. The molecule has 0 aliphatic carbocycles. The Kier molecular flexibility index (Phi) is 5.26. The Morgan fingerprint density at radius 3 is 2.83 bits per heavy atom. The molecule has 1 atom stereocenters. The molecule has 0 bridgehead atoms. The molecule has 1 aromatic carbocycles. The summed E-state index contributed by atoms with van der Waals surface area (Å²) in [7, 11) is 2.81. The summed E-state index contributed by atoms with van der Waals surface area (Å²) in [6.45, 7) is 0. The summed E-state index contributed by atoms with van der Waals surface area (Å²) in [6, 6.07) is 4.50. The van der Waals surface area contributed by atoms with Crippen LogP contribution in [0.5, 0.6) is 5.75 Å². The first-order valence-corrected chi connectivity index (χ1v) is 6.93. The van der Waals surface area contributed by atoms with E-state index in [0.29, 0.717) is 16.9 Å². The van der Waals surface area contributed by atoms with Crippen LogP contribution in [0.4, 0.5) is 0 Å². The number of benzene rings is 1. The van der Waals surface area contributed by atoms with Gasteiger partial charge in [0.1, 0.15) is 17.4 Å². The van der Waals surface area contributed by atoms with Crippen molar-refractivity contribution in [2.75, 3.05) is 14.2 Å². The van der Waals surface area contributed by atoms with Crippen molar-refractivity contribution in [3.05, 3.63) is 30.0 Å². The third-order valence-electron chi connectivity index (χ3n) is 3.36. The Hall–Kier alpha value is -2.94. The van der Waals surface area contributed by atoms with E-state index in [4.69, 9.17) is 15.6 Å². The molecule has 2 rings (SSSR count). The summed E-state index contributed by atoms with van der Waals surface area (Å²) < 4.78 is 15.2. The van der Waals surface area contributed by atoms with Crippen molar-refractivity contribution in [1.29, 1.82) is 0 Å². The van der Waals surface area contributed by atoms with E-state index in [0.717, 1.165) is 5.39 Å². The quantitative estimate of drug-likeness (QED) is 0.648. The van der Waals surface area contributed by atoms with Crippen molar-refractivity contribution in [3.63, 3.8) is 0 Å². The largest absolute Gasteiger partial charge is 0.497 e. The van der Waals surface area contributed by atoms with Crippen LogP contribution in [0, 0.1) is 12.3 Å². The number of hydrogen-bond acceptors (Lipinski definition) is 5. The van der Waals surface area contributed by atoms with E-state index in [-0.39, 0.29) is 18.7 Å². The van der Waals surface area contributed by atoms with Crippen molar-refractivity contribution in [1.82, 2.24) is 5.32 Å². The van der Waals surface area contributed by atoms with Gasteiger partial charge in [0.15, 0.2) is 0 Å². The number of rotatable bonds is 6. The van der Waals surface area contributed by atoms with Crippen molar-refractivity contribution < 1.29 is 23.5 Å². The highest BCUT2D eigenvalue weighted by Crippen LogP contribution is 2.25. The molecule has 1 heterocycles. The van der Waals surface area contributed by atoms with Gasteiger partial charge in [0.05, 0.1) is 26.9 Å². The van der Waals surface area contributed by atoms with Crippen LogP contribution in [-0.2, 0) is 20.7 Å². The first-order valence-electron chi connectivity index (χ1n) is 6.93. The number of terminal acetylenes is 1. The van der Waals surface area contributed by atoms with Crippen LogP contribution in [0.1, 0.15) is 12.0 Å². The van der Waals surface area contributed by atoms with E-state index in [9.17, 15) is 9.59 Å². The number of fused-ring (bicyclic) bond motifs is 1. The van der Waals surface area contributed by atoms with E-state index in [1.54, 1.807) is 19.2 Å². The average molecular weight is 315 g/mol. The van der Waals surface area contributed by atoms with Gasteiger partial charge < -0.3 is 19.2 Å². The second-order valence-electron chi connectivity index (χ2n) is 4.85. The van der Waals surface area contributed by atoms with Crippen LogP contribution < -0.4 is 10.1 Å². The number of carbonyl (C=O) groups excluding carboxylic acids is 2. The minimum atomic E-state index is -0.851. The normalized spacial score (nSPS) is 11.5. The molecular formula is C17H17NO5. The lowest BCUT2D eigenvalue weighted by Crippen LogP contribution is -2.41. The van der Waals surface area contributed by atoms with Crippen molar-refractivity contribution >= 4 is 22.8 Å². The summed E-state index contributed by atoms with van der Waals surface area (Å²) in [5, 5.41) is 3.38. The van der Waals surface area contributed by atoms with Crippen LogP contribution in [-0.4, -0.2) is 32.1 Å². The van der Waals surface area contributed by atoms with Gasteiger partial charge in [-0.05, 0) is 12.1 Å². The highest BCUT2D eigenvalue weighted by molar-refractivity contribution is 5.90. The number of methoxy groups -OCH3 is 2. The fourth-order valence-electron chi connectivity index (χ4n) is 2.20. The maximum atomic E-state index is 12.1. The van der Waals surface area contributed by atoms with Crippen molar-refractivity contribution in [2.45, 2.75) is 18.9 Å². The summed E-state index contributed by atoms with van der Waals surface area (Å²) in [4.78, 5) is 23.7. The monoisotopic (exact) mass is 315 g/mol. The third-order valence-corrected chi connectivity index (χ3v) is 3.36. The maximum Gasteiger partial charge on any atom is 0.329 e. The molecule has 6 heteroatoms. The number of carbonyl (C=O) groups is 2. The summed E-state index contributed by atoms with van der Waals surface area (Å²) >= 11 is 0. The number of ether oxygens (including phenoxy) is 2. The zero-order valence-corrected chi connectivity index (χ0v) is 12.9. The first kappa shape index (κ1) is 16.4. The average Bonchev–Trinajstić information content (AvgIpc) is 2.95.